The first kappa shape index (κ1) is 22.2. The van der Waals surface area contributed by atoms with Gasteiger partial charge in [0.05, 0.1) is 16.7 Å². The minimum absolute atomic E-state index is 0.0656. The van der Waals surface area contributed by atoms with Crippen LogP contribution in [0, 0.1) is 0 Å². The van der Waals surface area contributed by atoms with Gasteiger partial charge in [-0.15, -0.1) is 0 Å². The number of halogens is 4. The molecule has 0 bridgehead atoms. The molecule has 0 aliphatic carbocycles. The molecule has 0 aromatic carbocycles. The van der Waals surface area contributed by atoms with E-state index in [1.54, 1.807) is 6.07 Å². The number of aromatic nitrogens is 2. The Hall–Kier alpha value is -0.791. The maximum atomic E-state index is 10.1. The third-order valence-corrected chi connectivity index (χ3v) is 3.36. The van der Waals surface area contributed by atoms with E-state index in [0.717, 1.165) is 0 Å². The second-order valence-electron chi connectivity index (χ2n) is 3.50. The summed E-state index contributed by atoms with van der Waals surface area (Å²) in [6.45, 7) is -0.0656. The normalized spacial score (nSPS) is 8.91. The molecule has 11 heteroatoms. The van der Waals surface area contributed by atoms with Crippen molar-refractivity contribution >= 4 is 52.7 Å². The number of pyridine rings is 2. The first-order valence-corrected chi connectivity index (χ1v) is 7.93. The monoisotopic (exact) mass is 439 g/mol. The van der Waals surface area contributed by atoms with Gasteiger partial charge in [0, 0.05) is 18.0 Å². The Morgan fingerprint density at radius 1 is 1.00 bits per heavy atom. The summed E-state index contributed by atoms with van der Waals surface area (Å²) < 4.78 is 16.8. The Labute approximate surface area is 157 Å². The molecule has 2 aromatic rings. The zero-order chi connectivity index (χ0) is 17.8. The van der Waals surface area contributed by atoms with E-state index in [1.165, 1.54) is 18.5 Å². The second-order valence-corrected chi connectivity index (χ2v) is 5.22. The fourth-order valence-electron chi connectivity index (χ4n) is 1.05. The van der Waals surface area contributed by atoms with Crippen LogP contribution in [0.2, 0.25) is 20.4 Å². The molecule has 2 aromatic heterocycles. The van der Waals surface area contributed by atoms with Gasteiger partial charge in [-0.1, -0.05) is 46.4 Å². The molecule has 0 amide bonds. The van der Waals surface area contributed by atoms with Crippen LogP contribution in [-0.4, -0.2) is 21.4 Å². The van der Waals surface area contributed by atoms with Crippen molar-refractivity contribution in [2.24, 2.45) is 0 Å². The van der Waals surface area contributed by atoms with Gasteiger partial charge in [0.25, 0.3) is 0 Å². The van der Waals surface area contributed by atoms with Gasteiger partial charge in [-0.2, -0.15) is 0 Å². The standard InChI is InChI=1S/C6H5Cl2NO.C6H3Cl2NO.Mn.2O/c2*7-5-1-4(3-10)2-9-6(5)8;;;/h1-2,10H,3H2;1-3H;;;. The molecule has 125 valence electrons. The average Bonchev–Trinajstić information content (AvgIpc) is 2.54. The molecule has 1 N–H and O–H groups in total. The predicted octanol–water partition coefficient (Wildman–Crippen LogP) is 3.84. The molecule has 0 spiro atoms. The van der Waals surface area contributed by atoms with Crippen LogP contribution in [0.1, 0.15) is 15.9 Å². The van der Waals surface area contributed by atoms with E-state index in [4.69, 9.17) is 59.2 Å². The van der Waals surface area contributed by atoms with E-state index in [1.807, 2.05) is 0 Å². The van der Waals surface area contributed by atoms with Crippen LogP contribution in [0.25, 0.3) is 0 Å². The van der Waals surface area contributed by atoms with Gasteiger partial charge in [0.15, 0.2) is 6.29 Å². The molecule has 2 rings (SSSR count). The molecule has 0 aliphatic heterocycles. The van der Waals surface area contributed by atoms with Gasteiger partial charge in [-0.25, -0.2) is 9.97 Å². The van der Waals surface area contributed by atoms with E-state index in [-0.39, 0.29) is 16.9 Å². The number of aliphatic hydroxyl groups excluding tert-OH is 1. The Balaban J connectivity index is 0.000000360. The summed E-state index contributed by atoms with van der Waals surface area (Å²) in [5.41, 5.74) is 1.09. The quantitative estimate of drug-likeness (QED) is 0.433. The first-order chi connectivity index (χ1) is 10.9. The second kappa shape index (κ2) is 12.6. The van der Waals surface area contributed by atoms with Crippen molar-refractivity contribution in [3.8, 4) is 0 Å². The van der Waals surface area contributed by atoms with Crippen LogP contribution in [0.15, 0.2) is 24.5 Å². The summed E-state index contributed by atoms with van der Waals surface area (Å²) in [6.07, 6.45) is 3.50. The zero-order valence-electron chi connectivity index (χ0n) is 11.1. The van der Waals surface area contributed by atoms with Crippen LogP contribution < -0.4 is 0 Å². The number of rotatable bonds is 2. The fraction of sp³-hybridized carbons (Fsp3) is 0.0833. The molecule has 0 aliphatic rings. The summed E-state index contributed by atoms with van der Waals surface area (Å²) in [7, 11) is 0. The van der Waals surface area contributed by atoms with Gasteiger partial charge >= 0.3 is 22.5 Å². The van der Waals surface area contributed by atoms with Crippen molar-refractivity contribution in [2.45, 2.75) is 6.61 Å². The van der Waals surface area contributed by atoms with E-state index >= 15 is 0 Å². The molecule has 6 nitrogen and oxygen atoms in total. The van der Waals surface area contributed by atoms with E-state index in [0.29, 0.717) is 27.5 Å². The van der Waals surface area contributed by atoms with Gasteiger partial charge < -0.3 is 5.11 Å². The summed E-state index contributed by atoms with van der Waals surface area (Å²) in [5, 5.41) is 9.76. The van der Waals surface area contributed by atoms with E-state index in [2.05, 4.69) is 9.97 Å². The maximum absolute atomic E-state index is 10.1. The number of carbonyl (C=O) groups excluding carboxylic acids is 1. The van der Waals surface area contributed by atoms with Crippen LogP contribution in [0.3, 0.4) is 0 Å². The fourth-order valence-corrected chi connectivity index (χ4v) is 1.62. The van der Waals surface area contributed by atoms with Gasteiger partial charge in [0.1, 0.15) is 10.3 Å². The number of nitrogens with zero attached hydrogens (tertiary/aromatic N) is 2. The molecule has 0 unspecified atom stereocenters. The van der Waals surface area contributed by atoms with Gasteiger partial charge in [0.2, 0.25) is 0 Å². The van der Waals surface area contributed by atoms with Crippen molar-refractivity contribution in [1.29, 1.82) is 0 Å². The predicted molar refractivity (Wildman–Crippen MR) is 81.2 cm³/mol. The molecule has 0 saturated heterocycles. The summed E-state index contributed by atoms with van der Waals surface area (Å²) in [4.78, 5) is 17.5. The molecular formula is C12H8Cl4MnN2O4. The first-order valence-electron chi connectivity index (χ1n) is 5.45. The van der Waals surface area contributed by atoms with E-state index < -0.39 is 14.8 Å². The molecular weight excluding hydrogens is 433 g/mol. The van der Waals surface area contributed by atoms with Crippen molar-refractivity contribution in [3.05, 3.63) is 56.0 Å². The van der Waals surface area contributed by atoms with Crippen molar-refractivity contribution in [1.82, 2.24) is 9.97 Å². The zero-order valence-corrected chi connectivity index (χ0v) is 15.3. The number of aliphatic hydroxyl groups is 1. The van der Waals surface area contributed by atoms with Gasteiger partial charge in [-0.05, 0) is 17.7 Å². The Kier molecular flexibility index (Phi) is 12.2. The molecule has 23 heavy (non-hydrogen) atoms. The Morgan fingerprint density at radius 3 is 1.87 bits per heavy atom. The molecule has 0 radical (unpaired) electrons. The third-order valence-electron chi connectivity index (χ3n) is 1.99. The SMILES string of the molecule is O=Cc1cnc(Cl)c(Cl)c1.OCc1cnc(Cl)c(Cl)c1.[O]=[Mn]=[O]. The molecule has 0 fully saturated rings. The minimum atomic E-state index is -1.44. The van der Waals surface area contributed by atoms with E-state index in [9.17, 15) is 4.79 Å². The molecule has 0 saturated carbocycles. The summed E-state index contributed by atoms with van der Waals surface area (Å²) in [5.74, 6) is 0. The summed E-state index contributed by atoms with van der Waals surface area (Å²) >= 11 is 20.7. The number of carbonyl (C=O) groups is 1. The third kappa shape index (κ3) is 9.17. The van der Waals surface area contributed by atoms with Crippen molar-refractivity contribution < 1.29 is 32.4 Å². The number of aldehydes is 1. The van der Waals surface area contributed by atoms with Crippen LogP contribution in [0.5, 0.6) is 0 Å². The van der Waals surface area contributed by atoms with Crippen LogP contribution in [-0.2, 0) is 29.1 Å². The number of hydrogen-bond donors (Lipinski definition) is 1. The van der Waals surface area contributed by atoms with Crippen molar-refractivity contribution in [3.63, 3.8) is 0 Å². The van der Waals surface area contributed by atoms with Crippen LogP contribution in [0.4, 0.5) is 0 Å². The van der Waals surface area contributed by atoms with Crippen molar-refractivity contribution in [2.75, 3.05) is 0 Å². The average molecular weight is 441 g/mol. The Morgan fingerprint density at radius 2 is 1.48 bits per heavy atom. The topological polar surface area (TPSA) is 97.2 Å². The summed E-state index contributed by atoms with van der Waals surface area (Å²) in [6, 6.07) is 3.04. The molecule has 2 heterocycles. The van der Waals surface area contributed by atoms with Gasteiger partial charge in [-0.3, -0.25) is 4.79 Å². The molecule has 0 atom stereocenters. The van der Waals surface area contributed by atoms with Crippen LogP contribution >= 0.6 is 46.4 Å². The number of hydrogen-bond acceptors (Lipinski definition) is 6. The Bertz CT molecular complexity index is 697.